The summed E-state index contributed by atoms with van der Waals surface area (Å²) < 4.78 is 26.4. The molecule has 0 spiro atoms. The van der Waals surface area contributed by atoms with Crippen molar-refractivity contribution >= 4 is 21.8 Å². The van der Waals surface area contributed by atoms with E-state index < -0.39 is 10.2 Å². The smallest absolute Gasteiger partial charge is 0.304 e. The van der Waals surface area contributed by atoms with Crippen LogP contribution in [0.3, 0.4) is 0 Å². The van der Waals surface area contributed by atoms with E-state index >= 15 is 0 Å². The number of benzene rings is 1. The molecule has 0 aliphatic heterocycles. The number of rotatable bonds is 5. The van der Waals surface area contributed by atoms with Gasteiger partial charge in [-0.2, -0.15) is 12.7 Å². The number of nitrogens with zero attached hydrogens (tertiary/aromatic N) is 2. The van der Waals surface area contributed by atoms with Gasteiger partial charge in [0.05, 0.1) is 5.69 Å². The van der Waals surface area contributed by atoms with Crippen LogP contribution < -0.4 is 9.62 Å². The van der Waals surface area contributed by atoms with E-state index in [0.717, 1.165) is 8.61 Å². The summed E-state index contributed by atoms with van der Waals surface area (Å²) in [5.74, 6) is -0.371. The highest BCUT2D eigenvalue weighted by molar-refractivity contribution is 7.90. The molecule has 1 aromatic rings. The van der Waals surface area contributed by atoms with Crippen LogP contribution in [0, 0.1) is 0 Å². The summed E-state index contributed by atoms with van der Waals surface area (Å²) in [5.41, 5.74) is 0.454. The van der Waals surface area contributed by atoms with Gasteiger partial charge in [0.1, 0.15) is 6.54 Å². The van der Waals surface area contributed by atoms with Gasteiger partial charge in [0.2, 0.25) is 5.91 Å². The molecule has 7 heteroatoms. The van der Waals surface area contributed by atoms with Crippen LogP contribution in [0.25, 0.3) is 0 Å². The third-order valence-electron chi connectivity index (χ3n) is 2.35. The van der Waals surface area contributed by atoms with Gasteiger partial charge in [-0.1, -0.05) is 18.2 Å². The number of hydrogen-bond acceptors (Lipinski definition) is 3. The first-order valence-electron chi connectivity index (χ1n) is 5.35. The normalized spacial score (nSPS) is 11.3. The van der Waals surface area contributed by atoms with E-state index in [1.807, 2.05) is 0 Å². The lowest BCUT2D eigenvalue weighted by atomic mass is 10.3. The zero-order valence-corrected chi connectivity index (χ0v) is 11.4. The van der Waals surface area contributed by atoms with Gasteiger partial charge in [0.15, 0.2) is 0 Å². The average molecular weight is 271 g/mol. The number of carbonyl (C=O) groups excluding carboxylic acids is 1. The lowest BCUT2D eigenvalue weighted by molar-refractivity contribution is -0.119. The molecule has 0 atom stereocenters. The molecular weight excluding hydrogens is 254 g/mol. The maximum absolute atomic E-state index is 12.2. The quantitative estimate of drug-likeness (QED) is 0.822. The first-order chi connectivity index (χ1) is 8.39. The summed E-state index contributed by atoms with van der Waals surface area (Å²) in [5, 5.41) is 2.41. The van der Waals surface area contributed by atoms with Crippen molar-refractivity contribution in [3.63, 3.8) is 0 Å². The third kappa shape index (κ3) is 3.21. The number of para-hydroxylation sites is 1. The molecular formula is C11H17N3O3S. The molecule has 6 nitrogen and oxygen atoms in total. The Hall–Kier alpha value is -1.60. The Bertz CT molecular complexity index is 500. The number of likely N-dealkylation sites (N-methyl/N-ethyl adjacent to an activating group) is 1. The number of nitrogens with one attached hydrogen (secondary N) is 1. The van der Waals surface area contributed by atoms with Crippen molar-refractivity contribution in [1.82, 2.24) is 9.62 Å². The van der Waals surface area contributed by atoms with E-state index in [-0.39, 0.29) is 12.5 Å². The average Bonchev–Trinajstić information content (AvgIpc) is 2.36. The Kier molecular flexibility index (Phi) is 4.69. The molecule has 1 N–H and O–H groups in total. The SMILES string of the molecule is CNC(=O)CN(c1ccccc1)S(=O)(=O)N(C)C. The van der Waals surface area contributed by atoms with E-state index in [1.54, 1.807) is 30.3 Å². The minimum Gasteiger partial charge on any atom is -0.358 e. The van der Waals surface area contributed by atoms with Crippen molar-refractivity contribution < 1.29 is 13.2 Å². The number of carbonyl (C=O) groups is 1. The fourth-order valence-corrected chi connectivity index (χ4v) is 2.37. The predicted molar refractivity (Wildman–Crippen MR) is 70.5 cm³/mol. The number of amides is 1. The van der Waals surface area contributed by atoms with Gasteiger partial charge in [-0.15, -0.1) is 0 Å². The van der Waals surface area contributed by atoms with Crippen molar-refractivity contribution in [2.24, 2.45) is 0 Å². The van der Waals surface area contributed by atoms with Crippen LogP contribution in [0.2, 0.25) is 0 Å². The minimum absolute atomic E-state index is 0.249. The number of hydrogen-bond donors (Lipinski definition) is 1. The molecule has 0 saturated heterocycles. The minimum atomic E-state index is -3.69. The third-order valence-corrected chi connectivity index (χ3v) is 4.17. The molecule has 0 saturated carbocycles. The van der Waals surface area contributed by atoms with Gasteiger partial charge in [-0.25, -0.2) is 4.31 Å². The van der Waals surface area contributed by atoms with Gasteiger partial charge in [0, 0.05) is 21.1 Å². The van der Waals surface area contributed by atoms with Crippen molar-refractivity contribution in [2.45, 2.75) is 0 Å². The first kappa shape index (κ1) is 14.5. The van der Waals surface area contributed by atoms with Crippen molar-refractivity contribution in [1.29, 1.82) is 0 Å². The molecule has 1 aromatic carbocycles. The van der Waals surface area contributed by atoms with Gasteiger partial charge in [-0.05, 0) is 12.1 Å². The van der Waals surface area contributed by atoms with Gasteiger partial charge >= 0.3 is 10.2 Å². The maximum atomic E-state index is 12.2. The second-order valence-corrected chi connectivity index (χ2v) is 5.87. The van der Waals surface area contributed by atoms with E-state index in [2.05, 4.69) is 5.32 Å². The Morgan fingerprint density at radius 2 is 1.78 bits per heavy atom. The lowest BCUT2D eigenvalue weighted by Crippen LogP contribution is -2.45. The highest BCUT2D eigenvalue weighted by atomic mass is 32.2. The lowest BCUT2D eigenvalue weighted by Gasteiger charge is -2.26. The molecule has 100 valence electrons. The van der Waals surface area contributed by atoms with Crippen LogP contribution >= 0.6 is 0 Å². The largest absolute Gasteiger partial charge is 0.358 e. The van der Waals surface area contributed by atoms with E-state index in [4.69, 9.17) is 0 Å². The van der Waals surface area contributed by atoms with Crippen molar-refractivity contribution in [2.75, 3.05) is 32.0 Å². The molecule has 0 fully saturated rings. The summed E-state index contributed by atoms with van der Waals surface area (Å²) in [6, 6.07) is 8.51. The Balaban J connectivity index is 3.16. The van der Waals surface area contributed by atoms with Gasteiger partial charge in [0.25, 0.3) is 0 Å². The summed E-state index contributed by atoms with van der Waals surface area (Å²) in [6.45, 7) is -0.249. The Labute approximate surface area is 107 Å². The van der Waals surface area contributed by atoms with Crippen LogP contribution in [0.5, 0.6) is 0 Å². The molecule has 0 heterocycles. The fraction of sp³-hybridized carbons (Fsp3) is 0.364. The summed E-state index contributed by atoms with van der Waals surface area (Å²) >= 11 is 0. The predicted octanol–water partition coefficient (Wildman–Crippen LogP) is 0.0454. The van der Waals surface area contributed by atoms with E-state index in [9.17, 15) is 13.2 Å². The van der Waals surface area contributed by atoms with Crippen LogP contribution in [-0.2, 0) is 15.0 Å². The molecule has 0 aliphatic carbocycles. The number of anilines is 1. The highest BCUT2D eigenvalue weighted by Crippen LogP contribution is 2.18. The Morgan fingerprint density at radius 1 is 1.22 bits per heavy atom. The molecule has 0 bridgehead atoms. The molecule has 0 radical (unpaired) electrons. The monoisotopic (exact) mass is 271 g/mol. The van der Waals surface area contributed by atoms with E-state index in [0.29, 0.717) is 5.69 Å². The van der Waals surface area contributed by atoms with Crippen molar-refractivity contribution in [3.8, 4) is 0 Å². The molecule has 18 heavy (non-hydrogen) atoms. The second-order valence-electron chi connectivity index (χ2n) is 3.81. The van der Waals surface area contributed by atoms with Gasteiger partial charge < -0.3 is 5.32 Å². The van der Waals surface area contributed by atoms with Crippen LogP contribution in [-0.4, -0.2) is 46.3 Å². The van der Waals surface area contributed by atoms with Crippen LogP contribution in [0.15, 0.2) is 30.3 Å². The summed E-state index contributed by atoms with van der Waals surface area (Å²) in [4.78, 5) is 11.4. The molecule has 0 aromatic heterocycles. The molecule has 1 rings (SSSR count). The molecule has 0 aliphatic rings. The van der Waals surface area contributed by atoms with Gasteiger partial charge in [-0.3, -0.25) is 4.79 Å². The zero-order chi connectivity index (χ0) is 13.8. The van der Waals surface area contributed by atoms with Crippen molar-refractivity contribution in [3.05, 3.63) is 30.3 Å². The second kappa shape index (κ2) is 5.83. The fourth-order valence-electron chi connectivity index (χ4n) is 1.31. The highest BCUT2D eigenvalue weighted by Gasteiger charge is 2.26. The summed E-state index contributed by atoms with van der Waals surface area (Å²) in [6.07, 6.45) is 0. The molecule has 0 unspecified atom stereocenters. The first-order valence-corrected chi connectivity index (χ1v) is 6.75. The van der Waals surface area contributed by atoms with E-state index in [1.165, 1.54) is 21.1 Å². The zero-order valence-electron chi connectivity index (χ0n) is 10.6. The standard InChI is InChI=1S/C11H17N3O3S/c1-12-11(15)9-14(18(16,17)13(2)3)10-7-5-4-6-8-10/h4-8H,9H2,1-3H3,(H,12,15). The molecule has 1 amide bonds. The van der Waals surface area contributed by atoms with Crippen LogP contribution in [0.1, 0.15) is 0 Å². The van der Waals surface area contributed by atoms with Crippen LogP contribution in [0.4, 0.5) is 5.69 Å². The topological polar surface area (TPSA) is 69.7 Å². The summed E-state index contributed by atoms with van der Waals surface area (Å²) in [7, 11) is 0.626. The maximum Gasteiger partial charge on any atom is 0.304 e. The Morgan fingerprint density at radius 3 is 2.22 bits per heavy atom.